The van der Waals surface area contributed by atoms with Crippen molar-refractivity contribution in [3.63, 3.8) is 0 Å². The van der Waals surface area contributed by atoms with E-state index >= 15 is 0 Å². The second kappa shape index (κ2) is 8.50. The molecule has 126 valence electrons. The molecule has 0 aromatic heterocycles. The Kier molecular flexibility index (Phi) is 5.64. The predicted octanol–water partition coefficient (Wildman–Crippen LogP) is 4.80. The topological polar surface area (TPSA) is 58.9 Å². The summed E-state index contributed by atoms with van der Waals surface area (Å²) in [7, 11) is 0. The Morgan fingerprint density at radius 1 is 0.615 bits per heavy atom. The third-order valence-electron chi connectivity index (χ3n) is 4.10. The predicted molar refractivity (Wildman–Crippen MR) is 101 cm³/mol. The van der Waals surface area contributed by atoms with Crippen molar-refractivity contribution >= 4 is 23.5 Å². The molecule has 0 amide bonds. The first-order chi connectivity index (χ1) is 12.8. The zero-order valence-corrected chi connectivity index (χ0v) is 14.1. The molecule has 0 atom stereocenters. The van der Waals surface area contributed by atoms with Gasteiger partial charge in [-0.2, -0.15) is 9.98 Å². The lowest BCUT2D eigenvalue weighted by Crippen LogP contribution is -1.93. The van der Waals surface area contributed by atoms with Crippen LogP contribution in [-0.2, 0) is 22.4 Å². The van der Waals surface area contributed by atoms with Gasteiger partial charge >= 0.3 is 0 Å². The molecule has 0 aliphatic rings. The number of hydrogen-bond donors (Lipinski definition) is 0. The molecule has 0 aliphatic heterocycles. The van der Waals surface area contributed by atoms with E-state index in [4.69, 9.17) is 0 Å². The minimum atomic E-state index is 0.638. The molecule has 0 fully saturated rings. The highest BCUT2D eigenvalue weighted by molar-refractivity contribution is 5.56. The van der Waals surface area contributed by atoms with E-state index in [1.54, 1.807) is 24.3 Å². The second-order valence-electron chi connectivity index (χ2n) is 5.84. The number of carbonyl (C=O) groups excluding carboxylic acids is 2. The molecule has 0 saturated heterocycles. The molecular formula is C22H16N2O2. The summed E-state index contributed by atoms with van der Waals surface area (Å²) in [5.74, 6) is 0. The molecule has 0 bridgehead atoms. The van der Waals surface area contributed by atoms with Gasteiger partial charge in [-0.3, -0.25) is 0 Å². The lowest BCUT2D eigenvalue weighted by molar-refractivity contribution is 0.564. The maximum Gasteiger partial charge on any atom is 0.240 e. The van der Waals surface area contributed by atoms with Crippen molar-refractivity contribution in [1.82, 2.24) is 0 Å². The van der Waals surface area contributed by atoms with E-state index < -0.39 is 0 Å². The Balaban J connectivity index is 1.86. The van der Waals surface area contributed by atoms with E-state index in [1.807, 2.05) is 54.6 Å². The van der Waals surface area contributed by atoms with Gasteiger partial charge in [0.1, 0.15) is 0 Å². The van der Waals surface area contributed by atoms with Crippen LogP contribution in [0.3, 0.4) is 0 Å². The Morgan fingerprint density at radius 2 is 1.08 bits per heavy atom. The molecular weight excluding hydrogens is 324 g/mol. The molecule has 0 aliphatic carbocycles. The number of isocyanates is 2. The number of rotatable bonds is 6. The van der Waals surface area contributed by atoms with E-state index in [0.717, 1.165) is 22.3 Å². The van der Waals surface area contributed by atoms with Crippen LogP contribution in [-0.4, -0.2) is 12.2 Å². The fourth-order valence-corrected chi connectivity index (χ4v) is 2.93. The van der Waals surface area contributed by atoms with Crippen LogP contribution in [0.1, 0.15) is 22.3 Å². The van der Waals surface area contributed by atoms with E-state index in [-0.39, 0.29) is 0 Å². The van der Waals surface area contributed by atoms with Gasteiger partial charge in [0.15, 0.2) is 0 Å². The summed E-state index contributed by atoms with van der Waals surface area (Å²) >= 11 is 0. The highest BCUT2D eigenvalue weighted by Crippen LogP contribution is 2.24. The average Bonchev–Trinajstić information content (AvgIpc) is 2.66. The van der Waals surface area contributed by atoms with Crippen molar-refractivity contribution in [3.8, 4) is 0 Å². The Hall–Kier alpha value is -3.58. The number of hydrogen-bond acceptors (Lipinski definition) is 4. The Morgan fingerprint density at radius 3 is 1.54 bits per heavy atom. The third kappa shape index (κ3) is 4.28. The van der Waals surface area contributed by atoms with Crippen molar-refractivity contribution in [3.05, 3.63) is 95.1 Å². The molecule has 0 spiro atoms. The quantitative estimate of drug-likeness (QED) is 0.478. The first kappa shape index (κ1) is 17.2. The smallest absolute Gasteiger partial charge is 0.211 e. The fourth-order valence-electron chi connectivity index (χ4n) is 2.93. The molecule has 3 aromatic carbocycles. The number of aliphatic imine (C=N–C) groups is 2. The van der Waals surface area contributed by atoms with Crippen LogP contribution in [0.4, 0.5) is 11.4 Å². The summed E-state index contributed by atoms with van der Waals surface area (Å²) < 4.78 is 0. The summed E-state index contributed by atoms with van der Waals surface area (Å²) in [6, 6.07) is 23.3. The zero-order chi connectivity index (χ0) is 18.2. The van der Waals surface area contributed by atoms with Gasteiger partial charge < -0.3 is 0 Å². The molecule has 4 heteroatoms. The van der Waals surface area contributed by atoms with Crippen LogP contribution in [0.5, 0.6) is 0 Å². The molecule has 3 aromatic rings. The Labute approximate surface area is 151 Å². The lowest BCUT2D eigenvalue weighted by Gasteiger charge is -2.08. The number of para-hydroxylation sites is 2. The number of nitrogens with zero attached hydrogens (tertiary/aromatic N) is 2. The van der Waals surface area contributed by atoms with Crippen molar-refractivity contribution in [2.45, 2.75) is 12.8 Å². The van der Waals surface area contributed by atoms with Crippen LogP contribution in [0.25, 0.3) is 0 Å². The highest BCUT2D eigenvalue weighted by atomic mass is 16.1. The first-order valence-corrected chi connectivity index (χ1v) is 8.19. The molecule has 3 rings (SSSR count). The van der Waals surface area contributed by atoms with Gasteiger partial charge in [-0.15, -0.1) is 0 Å². The van der Waals surface area contributed by atoms with Crippen molar-refractivity contribution in [2.24, 2.45) is 9.98 Å². The monoisotopic (exact) mass is 340 g/mol. The maximum absolute atomic E-state index is 10.6. The van der Waals surface area contributed by atoms with Gasteiger partial charge in [-0.25, -0.2) is 9.59 Å². The van der Waals surface area contributed by atoms with E-state index in [1.165, 1.54) is 0 Å². The molecule has 0 saturated carbocycles. The van der Waals surface area contributed by atoms with Gasteiger partial charge in [0.2, 0.25) is 12.2 Å². The summed E-state index contributed by atoms with van der Waals surface area (Å²) in [5, 5.41) is 0. The fraction of sp³-hybridized carbons (Fsp3) is 0.0909. The summed E-state index contributed by atoms with van der Waals surface area (Å²) in [6.07, 6.45) is 4.55. The maximum atomic E-state index is 10.6. The van der Waals surface area contributed by atoms with E-state index in [0.29, 0.717) is 24.2 Å². The molecule has 26 heavy (non-hydrogen) atoms. The van der Waals surface area contributed by atoms with Crippen LogP contribution < -0.4 is 0 Å². The van der Waals surface area contributed by atoms with Crippen molar-refractivity contribution < 1.29 is 9.59 Å². The van der Waals surface area contributed by atoms with E-state index in [2.05, 4.69) is 16.1 Å². The minimum Gasteiger partial charge on any atom is -0.211 e. The van der Waals surface area contributed by atoms with Crippen molar-refractivity contribution in [1.29, 1.82) is 0 Å². The van der Waals surface area contributed by atoms with E-state index in [9.17, 15) is 9.59 Å². The van der Waals surface area contributed by atoms with Crippen LogP contribution in [0, 0.1) is 0 Å². The lowest BCUT2D eigenvalue weighted by atomic mass is 9.98. The molecule has 0 N–H and O–H groups in total. The summed E-state index contributed by atoms with van der Waals surface area (Å²) in [4.78, 5) is 28.7. The summed E-state index contributed by atoms with van der Waals surface area (Å²) in [5.41, 5.74) is 5.45. The standard InChI is InChI=1S/C22H16N2O2/c25-15-23-21-10-3-1-8-19(21)13-17-6-5-7-18(12-17)14-20-9-2-4-11-22(20)24-16-26/h1-12H,13-14H2. The molecule has 4 nitrogen and oxygen atoms in total. The molecule has 0 unspecified atom stereocenters. The zero-order valence-electron chi connectivity index (χ0n) is 14.1. The van der Waals surface area contributed by atoms with Crippen LogP contribution >= 0.6 is 0 Å². The average molecular weight is 340 g/mol. The minimum absolute atomic E-state index is 0.638. The van der Waals surface area contributed by atoms with Crippen LogP contribution in [0.15, 0.2) is 82.8 Å². The third-order valence-corrected chi connectivity index (χ3v) is 4.10. The molecule has 0 radical (unpaired) electrons. The highest BCUT2D eigenvalue weighted by Gasteiger charge is 2.06. The molecule has 0 heterocycles. The van der Waals surface area contributed by atoms with Gasteiger partial charge in [0.05, 0.1) is 11.4 Å². The van der Waals surface area contributed by atoms with Gasteiger partial charge in [-0.1, -0.05) is 60.7 Å². The van der Waals surface area contributed by atoms with Crippen molar-refractivity contribution in [2.75, 3.05) is 0 Å². The van der Waals surface area contributed by atoms with Gasteiger partial charge in [0, 0.05) is 0 Å². The number of benzene rings is 3. The second-order valence-corrected chi connectivity index (χ2v) is 5.84. The largest absolute Gasteiger partial charge is 0.240 e. The van der Waals surface area contributed by atoms with Gasteiger partial charge in [-0.05, 0) is 47.2 Å². The Bertz CT molecular complexity index is 935. The summed E-state index contributed by atoms with van der Waals surface area (Å²) in [6.45, 7) is 0. The van der Waals surface area contributed by atoms with Gasteiger partial charge in [0.25, 0.3) is 0 Å². The van der Waals surface area contributed by atoms with Crippen LogP contribution in [0.2, 0.25) is 0 Å². The normalized spacial score (nSPS) is 9.85. The SMILES string of the molecule is O=C=Nc1ccccc1Cc1cccc(Cc2ccccc2N=C=O)c1. The first-order valence-electron chi connectivity index (χ1n) is 8.19.